The van der Waals surface area contributed by atoms with Crippen LogP contribution < -0.4 is 5.32 Å². The van der Waals surface area contributed by atoms with Crippen LogP contribution >= 0.6 is 11.3 Å². The second-order valence-electron chi connectivity index (χ2n) is 4.78. The maximum Gasteiger partial charge on any atom is 0.427 e. The Morgan fingerprint density at radius 1 is 1.27 bits per heavy atom. The number of aliphatic hydroxyl groups is 1. The second-order valence-corrected chi connectivity index (χ2v) is 5.81. The van der Waals surface area contributed by atoms with Crippen LogP contribution in [0.25, 0.3) is 0 Å². The van der Waals surface area contributed by atoms with Crippen molar-refractivity contribution >= 4 is 16.5 Å². The summed E-state index contributed by atoms with van der Waals surface area (Å²) in [5, 5.41) is 12.7. The highest BCUT2D eigenvalue weighted by molar-refractivity contribution is 7.15. The summed E-state index contributed by atoms with van der Waals surface area (Å²) in [6, 6.07) is 2.68. The third-order valence-electron chi connectivity index (χ3n) is 2.88. The van der Waals surface area contributed by atoms with Crippen LogP contribution in [0.5, 0.6) is 0 Å². The molecule has 0 bridgehead atoms. The number of aromatic nitrogens is 1. The van der Waals surface area contributed by atoms with Gasteiger partial charge in [-0.05, 0) is 13.0 Å². The van der Waals surface area contributed by atoms with E-state index < -0.39 is 28.3 Å². The van der Waals surface area contributed by atoms with Gasteiger partial charge in [-0.25, -0.2) is 13.8 Å². The molecule has 0 aliphatic rings. The summed E-state index contributed by atoms with van der Waals surface area (Å²) in [7, 11) is 0. The van der Waals surface area contributed by atoms with Crippen LogP contribution in [-0.2, 0) is 11.8 Å². The van der Waals surface area contributed by atoms with Crippen LogP contribution in [0.15, 0.2) is 24.4 Å². The normalized spacial score (nSPS) is 14.7. The van der Waals surface area contributed by atoms with E-state index in [0.717, 1.165) is 12.1 Å². The molecule has 1 aromatic heterocycles. The minimum Gasteiger partial charge on any atom is -0.383 e. The Balaban J connectivity index is 2.11. The Morgan fingerprint density at radius 2 is 1.95 bits per heavy atom. The van der Waals surface area contributed by atoms with Crippen LogP contribution in [0.3, 0.4) is 0 Å². The van der Waals surface area contributed by atoms with Crippen molar-refractivity contribution in [3.63, 3.8) is 0 Å². The van der Waals surface area contributed by atoms with E-state index >= 15 is 0 Å². The van der Waals surface area contributed by atoms with E-state index in [-0.39, 0.29) is 17.2 Å². The molecule has 0 aliphatic carbocycles. The van der Waals surface area contributed by atoms with Gasteiger partial charge in [0.1, 0.15) is 22.1 Å². The molecular weight excluding hydrogens is 327 g/mol. The fraction of sp³-hybridized carbons (Fsp3) is 0.308. The Hall–Kier alpha value is -1.74. The number of nitrogens with zero attached hydrogens (tertiary/aromatic N) is 1. The predicted molar refractivity (Wildman–Crippen MR) is 71.5 cm³/mol. The summed E-state index contributed by atoms with van der Waals surface area (Å²) in [4.78, 5) is 2.65. The number of hydrogen-bond donors (Lipinski definition) is 2. The minimum atomic E-state index is -4.50. The van der Waals surface area contributed by atoms with E-state index in [9.17, 15) is 27.1 Å². The van der Waals surface area contributed by atoms with Gasteiger partial charge in [-0.15, -0.1) is 0 Å². The van der Waals surface area contributed by atoms with E-state index in [4.69, 9.17) is 0 Å². The van der Waals surface area contributed by atoms with Gasteiger partial charge in [0.05, 0.1) is 6.20 Å². The zero-order valence-corrected chi connectivity index (χ0v) is 12.0. The van der Waals surface area contributed by atoms with Gasteiger partial charge < -0.3 is 10.4 Å². The molecule has 3 nitrogen and oxygen atoms in total. The summed E-state index contributed by atoms with van der Waals surface area (Å²) in [5.74, 6) is -1.73. The van der Waals surface area contributed by atoms with Crippen molar-refractivity contribution in [2.75, 3.05) is 11.9 Å². The van der Waals surface area contributed by atoms with E-state index in [1.165, 1.54) is 6.92 Å². The molecule has 2 rings (SSSR count). The maximum atomic E-state index is 13.6. The number of anilines is 1. The second kappa shape index (κ2) is 5.81. The first-order valence-corrected chi connectivity index (χ1v) is 6.86. The molecule has 1 atom stereocenters. The first-order chi connectivity index (χ1) is 10.1. The third-order valence-corrected chi connectivity index (χ3v) is 3.88. The molecule has 0 amide bonds. The molecule has 120 valence electrons. The fourth-order valence-corrected chi connectivity index (χ4v) is 2.44. The SMILES string of the molecule is CC(O)(CNc1ncc(C(F)(F)F)s1)c1ccc(F)cc1F. The average molecular weight is 338 g/mol. The zero-order chi connectivity index (χ0) is 16.5. The number of hydrogen-bond acceptors (Lipinski definition) is 4. The highest BCUT2D eigenvalue weighted by Gasteiger charge is 2.34. The van der Waals surface area contributed by atoms with Crippen molar-refractivity contribution in [2.45, 2.75) is 18.7 Å². The monoisotopic (exact) mass is 338 g/mol. The predicted octanol–water partition coefficient (Wildman–Crippen LogP) is 3.76. The van der Waals surface area contributed by atoms with Crippen molar-refractivity contribution in [1.82, 2.24) is 4.98 Å². The fourth-order valence-electron chi connectivity index (χ4n) is 1.76. The number of alkyl halides is 3. The largest absolute Gasteiger partial charge is 0.427 e. The van der Waals surface area contributed by atoms with Crippen molar-refractivity contribution in [1.29, 1.82) is 0 Å². The first kappa shape index (κ1) is 16.6. The lowest BCUT2D eigenvalue weighted by atomic mass is 9.95. The lowest BCUT2D eigenvalue weighted by Crippen LogP contribution is -2.31. The summed E-state index contributed by atoms with van der Waals surface area (Å²) in [6.45, 7) is 0.967. The standard InChI is InChI=1S/C13H11F5N2OS/c1-12(21,8-3-2-7(14)4-9(8)15)6-20-11-19-5-10(22-11)13(16,17)18/h2-5,21H,6H2,1H3,(H,19,20). The molecule has 1 unspecified atom stereocenters. The van der Waals surface area contributed by atoms with Gasteiger partial charge in [-0.2, -0.15) is 13.2 Å². The van der Waals surface area contributed by atoms with Gasteiger partial charge in [0.25, 0.3) is 0 Å². The zero-order valence-electron chi connectivity index (χ0n) is 11.2. The average Bonchev–Trinajstić information content (AvgIpc) is 2.84. The van der Waals surface area contributed by atoms with E-state index in [1.807, 2.05) is 0 Å². The van der Waals surface area contributed by atoms with Crippen LogP contribution in [0.2, 0.25) is 0 Å². The highest BCUT2D eigenvalue weighted by Crippen LogP contribution is 2.35. The maximum absolute atomic E-state index is 13.6. The van der Waals surface area contributed by atoms with Crippen molar-refractivity contribution in [3.8, 4) is 0 Å². The van der Waals surface area contributed by atoms with Crippen LogP contribution in [0.4, 0.5) is 27.1 Å². The number of nitrogens with one attached hydrogen (secondary N) is 1. The summed E-state index contributed by atoms with van der Waals surface area (Å²) in [5.41, 5.74) is -1.92. The highest BCUT2D eigenvalue weighted by atomic mass is 32.1. The Kier molecular flexibility index (Phi) is 4.39. The van der Waals surface area contributed by atoms with Crippen molar-refractivity contribution in [3.05, 3.63) is 46.5 Å². The number of benzene rings is 1. The number of halogens is 5. The van der Waals surface area contributed by atoms with Crippen LogP contribution in [0.1, 0.15) is 17.4 Å². The van der Waals surface area contributed by atoms with Gasteiger partial charge in [-0.1, -0.05) is 17.4 Å². The molecule has 0 saturated carbocycles. The molecule has 0 saturated heterocycles. The van der Waals surface area contributed by atoms with E-state index in [1.54, 1.807) is 0 Å². The Morgan fingerprint density at radius 3 is 2.50 bits per heavy atom. The van der Waals surface area contributed by atoms with Gasteiger partial charge in [0.15, 0.2) is 5.13 Å². The third kappa shape index (κ3) is 3.72. The van der Waals surface area contributed by atoms with E-state index in [0.29, 0.717) is 23.6 Å². The molecule has 1 aromatic carbocycles. The van der Waals surface area contributed by atoms with Gasteiger partial charge in [-0.3, -0.25) is 0 Å². The lowest BCUT2D eigenvalue weighted by molar-refractivity contribution is -0.134. The van der Waals surface area contributed by atoms with Gasteiger partial charge in [0.2, 0.25) is 0 Å². The van der Waals surface area contributed by atoms with E-state index in [2.05, 4.69) is 10.3 Å². The summed E-state index contributed by atoms with van der Waals surface area (Å²) >= 11 is 0.370. The molecule has 1 heterocycles. The Bertz CT molecular complexity index is 669. The molecule has 0 aliphatic heterocycles. The molecule has 0 fully saturated rings. The Labute approximate surface area is 126 Å². The lowest BCUT2D eigenvalue weighted by Gasteiger charge is -2.24. The molecular formula is C13H11F5N2OS. The smallest absolute Gasteiger partial charge is 0.383 e. The molecule has 9 heteroatoms. The van der Waals surface area contributed by atoms with Gasteiger partial charge in [0, 0.05) is 18.2 Å². The van der Waals surface area contributed by atoms with Crippen LogP contribution in [-0.4, -0.2) is 16.6 Å². The summed E-state index contributed by atoms with van der Waals surface area (Å²) in [6.07, 6.45) is -3.83. The molecule has 0 spiro atoms. The summed E-state index contributed by atoms with van der Waals surface area (Å²) < 4.78 is 63.8. The first-order valence-electron chi connectivity index (χ1n) is 6.04. The number of thiazole rings is 1. The molecule has 2 aromatic rings. The van der Waals surface area contributed by atoms with Crippen molar-refractivity contribution in [2.24, 2.45) is 0 Å². The molecule has 2 N–H and O–H groups in total. The van der Waals surface area contributed by atoms with Gasteiger partial charge >= 0.3 is 6.18 Å². The topological polar surface area (TPSA) is 45.1 Å². The molecule has 0 radical (unpaired) electrons. The number of rotatable bonds is 4. The molecule has 22 heavy (non-hydrogen) atoms. The quantitative estimate of drug-likeness (QED) is 0.835. The van der Waals surface area contributed by atoms with Crippen LogP contribution in [0, 0.1) is 11.6 Å². The minimum absolute atomic E-state index is 0.0601. The van der Waals surface area contributed by atoms with Crippen molar-refractivity contribution < 1.29 is 27.1 Å².